The van der Waals surface area contributed by atoms with Gasteiger partial charge in [-0.05, 0) is 35.2 Å². The summed E-state index contributed by atoms with van der Waals surface area (Å²) < 4.78 is 4.88. The fraction of sp³-hybridized carbons (Fsp3) is 0.571. The molecule has 0 saturated heterocycles. The molecule has 0 aromatic carbocycles. The van der Waals surface area contributed by atoms with E-state index in [9.17, 15) is 9.59 Å². The van der Waals surface area contributed by atoms with Gasteiger partial charge in [0.1, 0.15) is 6.04 Å². The molecule has 1 saturated carbocycles. The number of carboxylic acids is 1. The maximum absolute atomic E-state index is 12.3. The van der Waals surface area contributed by atoms with Crippen molar-refractivity contribution in [1.29, 1.82) is 0 Å². The first-order valence-corrected chi connectivity index (χ1v) is 7.86. The molecule has 7 heteroatoms. The van der Waals surface area contributed by atoms with Crippen LogP contribution >= 0.6 is 11.3 Å². The van der Waals surface area contributed by atoms with E-state index in [0.717, 1.165) is 18.4 Å². The number of thiophene rings is 1. The van der Waals surface area contributed by atoms with Gasteiger partial charge in [-0.3, -0.25) is 0 Å². The molecule has 0 aliphatic heterocycles. The van der Waals surface area contributed by atoms with Crippen molar-refractivity contribution in [3.63, 3.8) is 0 Å². The fourth-order valence-electron chi connectivity index (χ4n) is 2.06. The molecule has 1 atom stereocenters. The number of carbonyl (C=O) groups excluding carboxylic acids is 1. The molecule has 21 heavy (non-hydrogen) atoms. The van der Waals surface area contributed by atoms with Crippen molar-refractivity contribution in [2.24, 2.45) is 0 Å². The highest BCUT2D eigenvalue weighted by Gasteiger charge is 2.34. The lowest BCUT2D eigenvalue weighted by atomic mass is 10.2. The number of nitrogens with one attached hydrogen (secondary N) is 1. The molecule has 2 N–H and O–H groups in total. The van der Waals surface area contributed by atoms with Gasteiger partial charge in [0.25, 0.3) is 0 Å². The van der Waals surface area contributed by atoms with Crippen LogP contribution in [0.2, 0.25) is 0 Å². The highest BCUT2D eigenvalue weighted by molar-refractivity contribution is 7.07. The molecular formula is C14H20N2O4S. The summed E-state index contributed by atoms with van der Waals surface area (Å²) >= 11 is 1.59. The minimum absolute atomic E-state index is 0.224. The normalized spacial score (nSPS) is 15.5. The van der Waals surface area contributed by atoms with E-state index in [1.807, 2.05) is 16.8 Å². The van der Waals surface area contributed by atoms with Crippen molar-refractivity contribution in [3.8, 4) is 0 Å². The Labute approximate surface area is 127 Å². The van der Waals surface area contributed by atoms with Gasteiger partial charge < -0.3 is 20.1 Å². The van der Waals surface area contributed by atoms with Gasteiger partial charge in [0.05, 0.1) is 0 Å². The zero-order valence-corrected chi connectivity index (χ0v) is 12.8. The van der Waals surface area contributed by atoms with Crippen LogP contribution < -0.4 is 5.32 Å². The summed E-state index contributed by atoms with van der Waals surface area (Å²) in [6.07, 6.45) is 2.22. The molecule has 1 aromatic heterocycles. The van der Waals surface area contributed by atoms with E-state index in [2.05, 4.69) is 5.32 Å². The second kappa shape index (κ2) is 7.42. The van der Waals surface area contributed by atoms with Gasteiger partial charge in [0.2, 0.25) is 0 Å². The number of ether oxygens (including phenoxy) is 1. The summed E-state index contributed by atoms with van der Waals surface area (Å²) in [7, 11) is 1.51. The van der Waals surface area contributed by atoms with E-state index in [1.54, 1.807) is 16.2 Å². The smallest absolute Gasteiger partial charge is 0.326 e. The molecule has 0 bridgehead atoms. The van der Waals surface area contributed by atoms with Crippen LogP contribution in [0, 0.1) is 0 Å². The van der Waals surface area contributed by atoms with E-state index in [-0.39, 0.29) is 18.5 Å². The summed E-state index contributed by atoms with van der Waals surface area (Å²) in [6, 6.07) is 0.975. The number of methoxy groups -OCH3 is 1. The number of amides is 2. The van der Waals surface area contributed by atoms with Gasteiger partial charge in [-0.25, -0.2) is 9.59 Å². The van der Waals surface area contributed by atoms with Gasteiger partial charge in [-0.15, -0.1) is 0 Å². The Morgan fingerprint density at radius 2 is 2.33 bits per heavy atom. The van der Waals surface area contributed by atoms with Crippen molar-refractivity contribution in [1.82, 2.24) is 10.2 Å². The average molecular weight is 312 g/mol. The zero-order chi connectivity index (χ0) is 15.2. The highest BCUT2D eigenvalue weighted by atomic mass is 32.1. The van der Waals surface area contributed by atoms with Gasteiger partial charge >= 0.3 is 12.0 Å². The molecule has 1 aromatic rings. The van der Waals surface area contributed by atoms with Gasteiger partial charge in [-0.2, -0.15) is 11.3 Å². The molecular weight excluding hydrogens is 292 g/mol. The Morgan fingerprint density at radius 3 is 2.86 bits per heavy atom. The number of carbonyl (C=O) groups is 2. The first-order valence-electron chi connectivity index (χ1n) is 6.91. The lowest BCUT2D eigenvalue weighted by molar-refractivity contribution is -0.139. The first kappa shape index (κ1) is 15.8. The summed E-state index contributed by atoms with van der Waals surface area (Å²) in [5.74, 6) is -1.04. The number of rotatable bonds is 8. The second-order valence-corrected chi connectivity index (χ2v) is 5.89. The molecule has 1 unspecified atom stereocenters. The summed E-state index contributed by atoms with van der Waals surface area (Å²) in [5.41, 5.74) is 1.07. The lowest BCUT2D eigenvalue weighted by Gasteiger charge is -2.24. The maximum Gasteiger partial charge on any atom is 0.326 e. The molecule has 1 aliphatic carbocycles. The Kier molecular flexibility index (Phi) is 5.58. The van der Waals surface area contributed by atoms with Crippen molar-refractivity contribution in [2.75, 3.05) is 13.7 Å². The van der Waals surface area contributed by atoms with Gasteiger partial charge in [-0.1, -0.05) is 0 Å². The number of hydrogen-bond acceptors (Lipinski definition) is 4. The van der Waals surface area contributed by atoms with Crippen LogP contribution in [-0.2, 0) is 16.1 Å². The number of urea groups is 1. The third kappa shape index (κ3) is 4.71. The summed E-state index contributed by atoms with van der Waals surface area (Å²) in [5, 5.41) is 15.7. The minimum atomic E-state index is -1.04. The quantitative estimate of drug-likeness (QED) is 0.768. The largest absolute Gasteiger partial charge is 0.480 e. The van der Waals surface area contributed by atoms with Crippen molar-refractivity contribution in [2.45, 2.75) is 37.9 Å². The predicted molar refractivity (Wildman–Crippen MR) is 79.3 cm³/mol. The van der Waals surface area contributed by atoms with Crippen LogP contribution in [0.1, 0.15) is 24.8 Å². The highest BCUT2D eigenvalue weighted by Crippen LogP contribution is 2.28. The van der Waals surface area contributed by atoms with E-state index in [0.29, 0.717) is 13.2 Å². The Hall–Kier alpha value is -1.60. The molecule has 1 fully saturated rings. The van der Waals surface area contributed by atoms with Crippen LogP contribution in [0.5, 0.6) is 0 Å². The zero-order valence-electron chi connectivity index (χ0n) is 11.9. The third-order valence-corrected chi connectivity index (χ3v) is 4.12. The molecule has 1 heterocycles. The number of nitrogens with zero attached hydrogens (tertiary/aromatic N) is 1. The fourth-order valence-corrected chi connectivity index (χ4v) is 2.72. The Balaban J connectivity index is 1.95. The van der Waals surface area contributed by atoms with Gasteiger partial charge in [0, 0.05) is 32.7 Å². The van der Waals surface area contributed by atoms with E-state index < -0.39 is 12.0 Å². The molecule has 2 rings (SSSR count). The van der Waals surface area contributed by atoms with E-state index >= 15 is 0 Å². The number of hydrogen-bond donors (Lipinski definition) is 2. The van der Waals surface area contributed by atoms with Crippen LogP contribution in [0.25, 0.3) is 0 Å². The monoisotopic (exact) mass is 312 g/mol. The molecule has 2 amide bonds. The Morgan fingerprint density at radius 1 is 1.57 bits per heavy atom. The summed E-state index contributed by atoms with van der Waals surface area (Å²) in [6.45, 7) is 0.821. The minimum Gasteiger partial charge on any atom is -0.480 e. The molecule has 6 nitrogen and oxygen atoms in total. The second-order valence-electron chi connectivity index (χ2n) is 5.11. The maximum atomic E-state index is 12.3. The molecule has 116 valence electrons. The SMILES string of the molecule is COCCC(NC(=O)N(Cc1ccsc1)C1CC1)C(=O)O. The van der Waals surface area contributed by atoms with Crippen LogP contribution in [-0.4, -0.2) is 47.8 Å². The topological polar surface area (TPSA) is 78.9 Å². The van der Waals surface area contributed by atoms with E-state index in [4.69, 9.17) is 9.84 Å². The predicted octanol–water partition coefficient (Wildman–Crippen LogP) is 1.91. The Bertz CT molecular complexity index is 473. The van der Waals surface area contributed by atoms with Crippen LogP contribution in [0.3, 0.4) is 0 Å². The third-order valence-electron chi connectivity index (χ3n) is 3.39. The standard InChI is InChI=1S/C14H20N2O4S/c1-20-6-4-12(13(17)18)15-14(19)16(11-2-3-11)8-10-5-7-21-9-10/h5,7,9,11-12H,2-4,6,8H2,1H3,(H,15,19)(H,17,18). The van der Waals surface area contributed by atoms with Crippen LogP contribution in [0.15, 0.2) is 16.8 Å². The van der Waals surface area contributed by atoms with Gasteiger partial charge in [0.15, 0.2) is 0 Å². The van der Waals surface area contributed by atoms with Crippen molar-refractivity contribution < 1.29 is 19.4 Å². The van der Waals surface area contributed by atoms with E-state index in [1.165, 1.54) is 7.11 Å². The first-order chi connectivity index (χ1) is 10.1. The van der Waals surface area contributed by atoms with Crippen molar-refractivity contribution in [3.05, 3.63) is 22.4 Å². The molecule has 0 radical (unpaired) electrons. The van der Waals surface area contributed by atoms with Crippen LogP contribution in [0.4, 0.5) is 4.79 Å². The lowest BCUT2D eigenvalue weighted by Crippen LogP contribution is -2.48. The average Bonchev–Trinajstić information content (AvgIpc) is 3.16. The number of carboxylic acid groups (broad SMARTS) is 1. The summed E-state index contributed by atoms with van der Waals surface area (Å²) in [4.78, 5) is 25.2. The van der Waals surface area contributed by atoms with Crippen molar-refractivity contribution >= 4 is 23.3 Å². The molecule has 0 spiro atoms. The molecule has 1 aliphatic rings. The number of aliphatic carboxylic acids is 1.